The fraction of sp³-hybridized carbons (Fsp3) is 0.455. The molecule has 0 spiro atoms. The Bertz CT molecular complexity index is 377. The highest BCUT2D eigenvalue weighted by Gasteiger charge is 2.17. The van der Waals surface area contributed by atoms with Gasteiger partial charge >= 0.3 is 0 Å². The van der Waals surface area contributed by atoms with Crippen LogP contribution in [-0.4, -0.2) is 28.4 Å². The summed E-state index contributed by atoms with van der Waals surface area (Å²) in [7, 11) is 0. The molecule has 86 valence electrons. The van der Waals surface area contributed by atoms with Gasteiger partial charge in [-0.15, -0.1) is 0 Å². The molecule has 0 bridgehead atoms. The van der Waals surface area contributed by atoms with Crippen molar-refractivity contribution in [3.63, 3.8) is 0 Å². The van der Waals surface area contributed by atoms with Crippen LogP contribution >= 0.6 is 11.8 Å². The van der Waals surface area contributed by atoms with Gasteiger partial charge in [0, 0.05) is 18.0 Å². The number of anilines is 1. The number of carbonyl (C=O) groups excluding carboxylic acids is 1. The second-order valence-electron chi connectivity index (χ2n) is 3.81. The van der Waals surface area contributed by atoms with Gasteiger partial charge in [0.1, 0.15) is 0 Å². The SMILES string of the molecule is Nc1cnccc1C(=O)NCC1CCCS1. The summed E-state index contributed by atoms with van der Waals surface area (Å²) in [6.45, 7) is 0.727. The third-order valence-corrected chi connectivity index (χ3v) is 4.01. The first-order valence-corrected chi connectivity index (χ1v) is 6.41. The predicted molar refractivity (Wildman–Crippen MR) is 66.5 cm³/mol. The molecule has 0 aliphatic carbocycles. The fourth-order valence-electron chi connectivity index (χ4n) is 1.72. The molecule has 1 saturated heterocycles. The van der Waals surface area contributed by atoms with Crippen molar-refractivity contribution in [2.24, 2.45) is 0 Å². The summed E-state index contributed by atoms with van der Waals surface area (Å²) < 4.78 is 0. The van der Waals surface area contributed by atoms with Crippen molar-refractivity contribution in [1.82, 2.24) is 10.3 Å². The number of hydrogen-bond donors (Lipinski definition) is 2. The highest BCUT2D eigenvalue weighted by Crippen LogP contribution is 2.25. The zero-order valence-electron chi connectivity index (χ0n) is 8.98. The van der Waals surface area contributed by atoms with Crippen LogP contribution in [0.15, 0.2) is 18.5 Å². The molecule has 0 radical (unpaired) electrons. The summed E-state index contributed by atoms with van der Waals surface area (Å²) in [6.07, 6.45) is 5.52. The first-order valence-electron chi connectivity index (χ1n) is 5.36. The second kappa shape index (κ2) is 5.21. The lowest BCUT2D eigenvalue weighted by atomic mass is 10.2. The van der Waals surface area contributed by atoms with E-state index in [1.54, 1.807) is 12.3 Å². The maximum atomic E-state index is 11.8. The topological polar surface area (TPSA) is 68.0 Å². The molecule has 1 aliphatic heterocycles. The summed E-state index contributed by atoms with van der Waals surface area (Å²) in [4.78, 5) is 15.6. The van der Waals surface area contributed by atoms with Crippen molar-refractivity contribution >= 4 is 23.4 Å². The Kier molecular flexibility index (Phi) is 3.66. The van der Waals surface area contributed by atoms with Crippen LogP contribution in [0.3, 0.4) is 0 Å². The third-order valence-electron chi connectivity index (χ3n) is 2.61. The Balaban J connectivity index is 1.90. The van der Waals surface area contributed by atoms with Gasteiger partial charge in [-0.2, -0.15) is 11.8 Å². The Morgan fingerprint density at radius 2 is 2.56 bits per heavy atom. The molecule has 4 nitrogen and oxygen atoms in total. The molecule has 1 aromatic heterocycles. The number of carbonyl (C=O) groups is 1. The molecule has 5 heteroatoms. The quantitative estimate of drug-likeness (QED) is 0.831. The van der Waals surface area contributed by atoms with Crippen LogP contribution in [-0.2, 0) is 0 Å². The number of thioether (sulfide) groups is 1. The molecule has 1 aromatic rings. The maximum absolute atomic E-state index is 11.8. The van der Waals surface area contributed by atoms with Gasteiger partial charge in [-0.25, -0.2) is 0 Å². The zero-order valence-corrected chi connectivity index (χ0v) is 9.80. The molecule has 2 heterocycles. The number of pyridine rings is 1. The minimum atomic E-state index is -0.104. The molecular weight excluding hydrogens is 222 g/mol. The minimum Gasteiger partial charge on any atom is -0.397 e. The van der Waals surface area contributed by atoms with Crippen LogP contribution in [0.5, 0.6) is 0 Å². The molecular formula is C11H15N3OS. The van der Waals surface area contributed by atoms with Crippen molar-refractivity contribution in [3.8, 4) is 0 Å². The van der Waals surface area contributed by atoms with Gasteiger partial charge in [-0.1, -0.05) is 0 Å². The fourth-order valence-corrected chi connectivity index (χ4v) is 2.92. The van der Waals surface area contributed by atoms with Gasteiger partial charge in [0.2, 0.25) is 0 Å². The second-order valence-corrected chi connectivity index (χ2v) is 5.22. The average Bonchev–Trinajstić information content (AvgIpc) is 2.79. The highest BCUT2D eigenvalue weighted by molar-refractivity contribution is 8.00. The smallest absolute Gasteiger partial charge is 0.253 e. The number of amides is 1. The number of aromatic nitrogens is 1. The van der Waals surface area contributed by atoms with Gasteiger partial charge in [-0.3, -0.25) is 9.78 Å². The maximum Gasteiger partial charge on any atom is 0.253 e. The normalized spacial score (nSPS) is 19.6. The van der Waals surface area contributed by atoms with Gasteiger partial charge in [-0.05, 0) is 24.7 Å². The average molecular weight is 237 g/mol. The Labute approximate surface area is 99.0 Å². The summed E-state index contributed by atoms with van der Waals surface area (Å²) >= 11 is 1.93. The lowest BCUT2D eigenvalue weighted by molar-refractivity contribution is 0.0954. The monoisotopic (exact) mass is 237 g/mol. The van der Waals surface area contributed by atoms with Crippen LogP contribution < -0.4 is 11.1 Å². The zero-order chi connectivity index (χ0) is 11.4. The van der Waals surface area contributed by atoms with E-state index < -0.39 is 0 Å². The molecule has 0 aromatic carbocycles. The number of nitrogens with two attached hydrogens (primary N) is 1. The molecule has 1 fully saturated rings. The van der Waals surface area contributed by atoms with Crippen molar-refractivity contribution in [2.75, 3.05) is 18.0 Å². The van der Waals surface area contributed by atoms with E-state index in [9.17, 15) is 4.79 Å². The molecule has 16 heavy (non-hydrogen) atoms. The van der Waals surface area contributed by atoms with Crippen LogP contribution in [0.4, 0.5) is 5.69 Å². The summed E-state index contributed by atoms with van der Waals surface area (Å²) in [5, 5.41) is 3.48. The van der Waals surface area contributed by atoms with Crippen LogP contribution in [0.2, 0.25) is 0 Å². The Morgan fingerprint density at radius 1 is 1.69 bits per heavy atom. The summed E-state index contributed by atoms with van der Waals surface area (Å²) in [5.41, 5.74) is 6.62. The van der Waals surface area contributed by atoms with E-state index in [1.165, 1.54) is 24.8 Å². The van der Waals surface area contributed by atoms with Crippen molar-refractivity contribution in [2.45, 2.75) is 18.1 Å². The molecule has 3 N–H and O–H groups in total. The number of nitrogens with zero attached hydrogens (tertiary/aromatic N) is 1. The van der Waals surface area contributed by atoms with Crippen molar-refractivity contribution < 1.29 is 4.79 Å². The first kappa shape index (κ1) is 11.3. The lowest BCUT2D eigenvalue weighted by Crippen LogP contribution is -2.30. The van der Waals surface area contributed by atoms with E-state index in [0.717, 1.165) is 6.54 Å². The molecule has 1 aliphatic rings. The molecule has 1 unspecified atom stereocenters. The van der Waals surface area contributed by atoms with Crippen LogP contribution in [0, 0.1) is 0 Å². The first-order chi connectivity index (χ1) is 7.77. The summed E-state index contributed by atoms with van der Waals surface area (Å²) in [6, 6.07) is 1.65. The van der Waals surface area contributed by atoms with Crippen LogP contribution in [0.25, 0.3) is 0 Å². The summed E-state index contributed by atoms with van der Waals surface area (Å²) in [5.74, 6) is 1.10. The molecule has 1 amide bonds. The van der Waals surface area contributed by atoms with E-state index in [0.29, 0.717) is 16.5 Å². The van der Waals surface area contributed by atoms with E-state index in [4.69, 9.17) is 5.73 Å². The largest absolute Gasteiger partial charge is 0.397 e. The Hall–Kier alpha value is -1.23. The Morgan fingerprint density at radius 3 is 3.25 bits per heavy atom. The standard InChI is InChI=1S/C11H15N3OS/c12-10-7-13-4-3-9(10)11(15)14-6-8-2-1-5-16-8/h3-4,7-8H,1-2,5-6,12H2,(H,14,15). The van der Waals surface area contributed by atoms with Gasteiger partial charge in [0.05, 0.1) is 17.4 Å². The van der Waals surface area contributed by atoms with E-state index in [2.05, 4.69) is 10.3 Å². The van der Waals surface area contributed by atoms with E-state index >= 15 is 0 Å². The van der Waals surface area contributed by atoms with Gasteiger partial charge in [0.25, 0.3) is 5.91 Å². The number of rotatable bonds is 3. The molecule has 0 saturated carbocycles. The van der Waals surface area contributed by atoms with Crippen LogP contribution in [0.1, 0.15) is 23.2 Å². The predicted octanol–water partition coefficient (Wildman–Crippen LogP) is 1.29. The highest BCUT2D eigenvalue weighted by atomic mass is 32.2. The van der Waals surface area contributed by atoms with Crippen molar-refractivity contribution in [1.29, 1.82) is 0 Å². The van der Waals surface area contributed by atoms with Crippen molar-refractivity contribution in [3.05, 3.63) is 24.0 Å². The van der Waals surface area contributed by atoms with Gasteiger partial charge in [0.15, 0.2) is 0 Å². The lowest BCUT2D eigenvalue weighted by Gasteiger charge is -2.10. The minimum absolute atomic E-state index is 0.104. The number of nitrogen functional groups attached to an aromatic ring is 1. The third kappa shape index (κ3) is 2.66. The van der Waals surface area contributed by atoms with E-state index in [1.807, 2.05) is 11.8 Å². The van der Waals surface area contributed by atoms with E-state index in [-0.39, 0.29) is 5.91 Å². The number of nitrogens with one attached hydrogen (secondary N) is 1. The molecule has 2 rings (SSSR count). The molecule has 1 atom stereocenters. The van der Waals surface area contributed by atoms with Gasteiger partial charge < -0.3 is 11.1 Å². The number of hydrogen-bond acceptors (Lipinski definition) is 4.